The first-order valence-corrected chi connectivity index (χ1v) is 18.2. The predicted octanol–water partition coefficient (Wildman–Crippen LogP) is 5.18. The summed E-state index contributed by atoms with van der Waals surface area (Å²) < 4.78 is 51.4. The second-order valence-corrected chi connectivity index (χ2v) is 14.8. The number of aliphatic hydroxyl groups excluding tert-OH is 1. The van der Waals surface area contributed by atoms with Gasteiger partial charge in [0.05, 0.1) is 35.3 Å². The lowest BCUT2D eigenvalue weighted by molar-refractivity contribution is -0.00833. The first-order chi connectivity index (χ1) is 24.0. The first-order valence-electron chi connectivity index (χ1n) is 16.8. The molecule has 2 aliphatic rings. The monoisotopic (exact) mass is 710 g/mol. The van der Waals surface area contributed by atoms with Gasteiger partial charge in [-0.2, -0.15) is 4.31 Å². The Balaban J connectivity index is 1.39. The van der Waals surface area contributed by atoms with Crippen molar-refractivity contribution in [2.45, 2.75) is 63.2 Å². The molecule has 0 bridgehead atoms. The largest absolute Gasteiger partial charge is 0.490 e. The number of carbonyl (C=O) groups is 2. The number of hydrogen-bond acceptors (Lipinski definition) is 9. The highest BCUT2D eigenvalue weighted by molar-refractivity contribution is 7.89. The van der Waals surface area contributed by atoms with Crippen molar-refractivity contribution in [3.8, 4) is 17.2 Å². The van der Waals surface area contributed by atoms with E-state index in [0.717, 1.165) is 12.8 Å². The summed E-state index contributed by atoms with van der Waals surface area (Å²) in [4.78, 5) is 29.1. The van der Waals surface area contributed by atoms with Crippen molar-refractivity contribution in [3.63, 3.8) is 0 Å². The average molecular weight is 711 g/mol. The van der Waals surface area contributed by atoms with E-state index in [1.165, 1.54) is 11.4 Å². The van der Waals surface area contributed by atoms with Crippen LogP contribution in [0.1, 0.15) is 50.4 Å². The number of rotatable bonds is 8. The number of aliphatic hydroxyl groups is 1. The number of nitrogens with one attached hydrogen (secondary N) is 2. The van der Waals surface area contributed by atoms with Gasteiger partial charge >= 0.3 is 6.03 Å². The molecule has 0 saturated carbocycles. The van der Waals surface area contributed by atoms with Gasteiger partial charge < -0.3 is 39.6 Å². The minimum absolute atomic E-state index is 0.0661. The van der Waals surface area contributed by atoms with E-state index >= 15 is 0 Å². The van der Waals surface area contributed by atoms with E-state index in [-0.39, 0.29) is 49.0 Å². The van der Waals surface area contributed by atoms with Gasteiger partial charge in [-0.05, 0) is 75.6 Å². The van der Waals surface area contributed by atoms with Crippen LogP contribution < -0.4 is 24.8 Å². The number of benzene rings is 3. The molecular formula is C36H46N4O9S. The van der Waals surface area contributed by atoms with Crippen molar-refractivity contribution < 1.29 is 42.1 Å². The van der Waals surface area contributed by atoms with Crippen LogP contribution in [-0.4, -0.2) is 93.1 Å². The van der Waals surface area contributed by atoms with E-state index in [0.29, 0.717) is 41.7 Å². The number of likely N-dealkylation sites (N-methyl/N-ethyl adjacent to an activating group) is 1. The minimum atomic E-state index is -3.79. The number of nitrogens with zero attached hydrogens (tertiary/aromatic N) is 2. The number of carbonyl (C=O) groups excluding carboxylic acids is 2. The molecule has 0 fully saturated rings. The molecule has 4 atom stereocenters. The third-order valence-electron chi connectivity index (χ3n) is 8.83. The minimum Gasteiger partial charge on any atom is -0.490 e. The molecule has 270 valence electrons. The fourth-order valence-electron chi connectivity index (χ4n) is 5.85. The van der Waals surface area contributed by atoms with Gasteiger partial charge in [0.15, 0.2) is 11.5 Å². The Labute approximate surface area is 293 Å². The molecule has 2 heterocycles. The Kier molecular flexibility index (Phi) is 12.2. The van der Waals surface area contributed by atoms with Gasteiger partial charge in [0.25, 0.3) is 5.91 Å². The van der Waals surface area contributed by atoms with Crippen LogP contribution in [0.3, 0.4) is 0 Å². The molecule has 50 heavy (non-hydrogen) atoms. The fourth-order valence-corrected chi connectivity index (χ4v) is 7.06. The average Bonchev–Trinajstić information content (AvgIpc) is 3.57. The highest BCUT2D eigenvalue weighted by atomic mass is 32.2. The van der Waals surface area contributed by atoms with Crippen LogP contribution in [0.5, 0.6) is 17.2 Å². The third-order valence-corrected chi connectivity index (χ3v) is 10.7. The van der Waals surface area contributed by atoms with Crippen LogP contribution in [0.2, 0.25) is 0 Å². The molecule has 0 spiro atoms. The maximum Gasteiger partial charge on any atom is 0.323 e. The lowest BCUT2D eigenvalue weighted by Crippen LogP contribution is -2.48. The fraction of sp³-hybridized carbons (Fsp3) is 0.444. The van der Waals surface area contributed by atoms with Crippen molar-refractivity contribution in [3.05, 3.63) is 72.3 Å². The maximum absolute atomic E-state index is 14.4. The third kappa shape index (κ3) is 9.04. The Morgan fingerprint density at radius 1 is 0.980 bits per heavy atom. The van der Waals surface area contributed by atoms with Gasteiger partial charge in [-0.25, -0.2) is 13.2 Å². The molecule has 0 aliphatic carbocycles. The summed E-state index contributed by atoms with van der Waals surface area (Å²) in [6, 6.07) is 17.0. The van der Waals surface area contributed by atoms with Crippen molar-refractivity contribution in [2.24, 2.45) is 5.92 Å². The topological polar surface area (TPSA) is 156 Å². The van der Waals surface area contributed by atoms with E-state index in [4.69, 9.17) is 18.9 Å². The van der Waals surface area contributed by atoms with Crippen LogP contribution in [-0.2, 0) is 14.8 Å². The number of amides is 3. The van der Waals surface area contributed by atoms with Crippen LogP contribution in [0.25, 0.3) is 0 Å². The quantitative estimate of drug-likeness (QED) is 0.287. The van der Waals surface area contributed by atoms with E-state index in [1.807, 2.05) is 13.8 Å². The summed E-state index contributed by atoms with van der Waals surface area (Å²) >= 11 is 0. The zero-order valence-electron chi connectivity index (χ0n) is 28.8. The SMILES string of the molecule is C[C@H]1CCCCO[C@H](CN(C)S(=O)(=O)c2ccccc2)[C@@H](C)CN([C@@H](C)CO)C(=O)c2cc(NC(=O)Nc3ccc4c(c3)OCO4)ccc2O1. The van der Waals surface area contributed by atoms with Crippen molar-refractivity contribution in [2.75, 3.05) is 50.8 Å². The molecule has 0 aromatic heterocycles. The number of ether oxygens (including phenoxy) is 4. The van der Waals surface area contributed by atoms with E-state index in [9.17, 15) is 23.1 Å². The Morgan fingerprint density at radius 3 is 2.38 bits per heavy atom. The summed E-state index contributed by atoms with van der Waals surface area (Å²) in [6.07, 6.45) is 1.42. The number of anilines is 2. The first kappa shape index (κ1) is 36.9. The molecule has 2 aliphatic heterocycles. The molecule has 5 rings (SSSR count). The number of hydrogen-bond donors (Lipinski definition) is 3. The predicted molar refractivity (Wildman–Crippen MR) is 188 cm³/mol. The van der Waals surface area contributed by atoms with E-state index in [1.54, 1.807) is 78.6 Å². The van der Waals surface area contributed by atoms with Crippen molar-refractivity contribution in [1.82, 2.24) is 9.21 Å². The Morgan fingerprint density at radius 2 is 1.66 bits per heavy atom. The van der Waals surface area contributed by atoms with Crippen molar-refractivity contribution >= 4 is 33.3 Å². The van der Waals surface area contributed by atoms with Crippen molar-refractivity contribution in [1.29, 1.82) is 0 Å². The Hall–Kier alpha value is -4.37. The zero-order valence-corrected chi connectivity index (χ0v) is 29.6. The molecule has 0 radical (unpaired) electrons. The summed E-state index contributed by atoms with van der Waals surface area (Å²) in [7, 11) is -2.26. The molecular weight excluding hydrogens is 664 g/mol. The molecule has 0 unspecified atom stereocenters. The van der Waals surface area contributed by atoms with Crippen LogP contribution in [0.15, 0.2) is 71.6 Å². The molecule has 3 amide bonds. The summed E-state index contributed by atoms with van der Waals surface area (Å²) in [5.74, 6) is 0.719. The smallest absolute Gasteiger partial charge is 0.323 e. The molecule has 3 aromatic rings. The van der Waals surface area contributed by atoms with Gasteiger partial charge in [-0.1, -0.05) is 25.1 Å². The summed E-state index contributed by atoms with van der Waals surface area (Å²) in [5.41, 5.74) is 1.06. The standard InChI is InChI=1S/C36H46N4O9S/c1-24-20-40(25(2)22-41)35(42)30-18-27(37-36(43)38-28-14-16-32-33(19-28)48-23-47-32)13-15-31(30)49-26(3)10-8-9-17-46-34(24)21-39(4)50(44,45)29-11-6-5-7-12-29/h5-7,11-16,18-19,24-26,34,41H,8-10,17,20-23H2,1-4H3,(H2,37,38,43)/t24-,25-,26-,34+/m0/s1. The van der Waals surface area contributed by atoms with E-state index in [2.05, 4.69) is 10.6 Å². The molecule has 3 N–H and O–H groups in total. The lowest BCUT2D eigenvalue weighted by atomic mass is 10.0. The molecule has 13 nitrogen and oxygen atoms in total. The van der Waals surface area contributed by atoms with Crippen LogP contribution >= 0.6 is 0 Å². The van der Waals surface area contributed by atoms with Crippen LogP contribution in [0.4, 0.5) is 16.2 Å². The zero-order chi connectivity index (χ0) is 35.8. The number of sulfonamides is 1. The van der Waals surface area contributed by atoms with Gasteiger partial charge in [0.2, 0.25) is 16.8 Å². The molecule has 0 saturated heterocycles. The molecule has 3 aromatic carbocycles. The van der Waals surface area contributed by atoms with Crippen LogP contribution in [0, 0.1) is 5.92 Å². The van der Waals surface area contributed by atoms with Gasteiger partial charge in [0.1, 0.15) is 5.75 Å². The van der Waals surface area contributed by atoms with Gasteiger partial charge in [-0.15, -0.1) is 0 Å². The lowest BCUT2D eigenvalue weighted by Gasteiger charge is -2.35. The summed E-state index contributed by atoms with van der Waals surface area (Å²) in [6.45, 7) is 5.99. The number of urea groups is 1. The second-order valence-electron chi connectivity index (χ2n) is 12.8. The normalized spacial score (nSPS) is 20.7. The highest BCUT2D eigenvalue weighted by Gasteiger charge is 2.32. The van der Waals surface area contributed by atoms with E-state index < -0.39 is 34.1 Å². The maximum atomic E-state index is 14.4. The van der Waals surface area contributed by atoms with Gasteiger partial charge in [-0.3, -0.25) is 4.79 Å². The second kappa shape index (κ2) is 16.6. The summed E-state index contributed by atoms with van der Waals surface area (Å²) in [5, 5.41) is 15.8. The number of fused-ring (bicyclic) bond motifs is 2. The Bertz CT molecular complexity index is 1740. The van der Waals surface area contributed by atoms with Gasteiger partial charge in [0, 0.05) is 50.1 Å². The highest BCUT2D eigenvalue weighted by Crippen LogP contribution is 2.34. The molecule has 14 heteroatoms.